The van der Waals surface area contributed by atoms with E-state index in [1.165, 1.54) is 0 Å². The second-order valence-electron chi connectivity index (χ2n) is 5.52. The highest BCUT2D eigenvalue weighted by Crippen LogP contribution is 2.28. The van der Waals surface area contributed by atoms with Gasteiger partial charge < -0.3 is 5.11 Å². The molecule has 130 valence electrons. The Morgan fingerprint density at radius 2 is 1.32 bits per heavy atom. The lowest BCUT2D eigenvalue weighted by molar-refractivity contribution is 0.145. The molecule has 2 rings (SSSR count). The minimum atomic E-state index is -1.32. The summed E-state index contributed by atoms with van der Waals surface area (Å²) >= 11 is 0. The molecule has 0 amide bonds. The fourth-order valence-electron chi connectivity index (χ4n) is 2.52. The van der Waals surface area contributed by atoms with Gasteiger partial charge in [0, 0.05) is 24.2 Å². The lowest BCUT2D eigenvalue weighted by atomic mass is 9.87. The number of benzene rings is 2. The van der Waals surface area contributed by atoms with E-state index >= 15 is 0 Å². The van der Waals surface area contributed by atoms with E-state index in [4.69, 9.17) is 0 Å². The molecule has 2 aromatic carbocycles. The molecule has 0 aromatic heterocycles. The topological polar surface area (TPSA) is 23.5 Å². The molecular formula is C22H24ClNO. The standard InChI is InChI=1S/C22H23NO.ClH/c1-3-17-23(18-4-2)19-11-16-22(24,20-12-7-5-8-13-20)21-14-9-6-10-15-21;/h3-10,12-15,24H,1-2,17-19H2;1H. The van der Waals surface area contributed by atoms with Crippen molar-refractivity contribution in [3.8, 4) is 11.8 Å². The zero-order valence-corrected chi connectivity index (χ0v) is 15.1. The largest absolute Gasteiger partial charge is 0.369 e. The van der Waals surface area contributed by atoms with Crippen LogP contribution in [-0.2, 0) is 5.60 Å². The van der Waals surface area contributed by atoms with Crippen molar-refractivity contribution in [2.45, 2.75) is 5.60 Å². The SMILES string of the molecule is C=CCN(CC#CC(O)(c1ccccc1)c1ccccc1)CC=C.Cl. The monoisotopic (exact) mass is 353 g/mol. The Morgan fingerprint density at radius 1 is 0.880 bits per heavy atom. The van der Waals surface area contributed by atoms with E-state index in [-0.39, 0.29) is 12.4 Å². The maximum Gasteiger partial charge on any atom is 0.176 e. The van der Waals surface area contributed by atoms with Crippen molar-refractivity contribution in [1.29, 1.82) is 0 Å². The smallest absolute Gasteiger partial charge is 0.176 e. The molecule has 0 aliphatic heterocycles. The van der Waals surface area contributed by atoms with Crippen LogP contribution in [0.25, 0.3) is 0 Å². The number of nitrogens with zero attached hydrogens (tertiary/aromatic N) is 1. The first kappa shape index (κ1) is 20.7. The van der Waals surface area contributed by atoms with Crippen molar-refractivity contribution in [2.75, 3.05) is 19.6 Å². The summed E-state index contributed by atoms with van der Waals surface area (Å²) < 4.78 is 0. The van der Waals surface area contributed by atoms with Crippen molar-refractivity contribution < 1.29 is 5.11 Å². The average molecular weight is 354 g/mol. The highest BCUT2D eigenvalue weighted by atomic mass is 35.5. The maximum atomic E-state index is 11.3. The fraction of sp³-hybridized carbons (Fsp3) is 0.182. The predicted octanol–water partition coefficient (Wildman–Crippen LogP) is 4.02. The molecular weight excluding hydrogens is 330 g/mol. The van der Waals surface area contributed by atoms with Crippen LogP contribution in [0.1, 0.15) is 11.1 Å². The lowest BCUT2D eigenvalue weighted by Crippen LogP contribution is -2.27. The zero-order chi connectivity index (χ0) is 17.3. The second kappa shape index (κ2) is 10.5. The van der Waals surface area contributed by atoms with E-state index in [9.17, 15) is 5.11 Å². The van der Waals surface area contributed by atoms with Crippen LogP contribution in [0.5, 0.6) is 0 Å². The van der Waals surface area contributed by atoms with Crippen LogP contribution >= 0.6 is 12.4 Å². The number of hydrogen-bond acceptors (Lipinski definition) is 2. The van der Waals surface area contributed by atoms with Crippen molar-refractivity contribution in [3.05, 3.63) is 97.1 Å². The van der Waals surface area contributed by atoms with E-state index in [0.717, 1.165) is 24.2 Å². The summed E-state index contributed by atoms with van der Waals surface area (Å²) in [5, 5.41) is 11.3. The maximum absolute atomic E-state index is 11.3. The molecule has 0 heterocycles. The van der Waals surface area contributed by atoms with Gasteiger partial charge in [-0.3, -0.25) is 4.90 Å². The Balaban J connectivity index is 0.00000312. The molecule has 0 fully saturated rings. The number of rotatable bonds is 7. The third kappa shape index (κ3) is 5.62. The van der Waals surface area contributed by atoms with Gasteiger partial charge in [-0.2, -0.15) is 0 Å². The van der Waals surface area contributed by atoms with Gasteiger partial charge in [-0.25, -0.2) is 0 Å². The molecule has 0 aliphatic carbocycles. The van der Waals surface area contributed by atoms with E-state index in [1.807, 2.05) is 72.8 Å². The van der Waals surface area contributed by atoms with Gasteiger partial charge in [-0.05, 0) is 0 Å². The minimum absolute atomic E-state index is 0. The van der Waals surface area contributed by atoms with Crippen molar-refractivity contribution in [1.82, 2.24) is 4.90 Å². The van der Waals surface area contributed by atoms with Crippen molar-refractivity contribution >= 4 is 12.4 Å². The Morgan fingerprint density at radius 3 is 1.72 bits per heavy atom. The summed E-state index contributed by atoms with van der Waals surface area (Å²) in [6, 6.07) is 19.1. The summed E-state index contributed by atoms with van der Waals surface area (Å²) in [6.07, 6.45) is 3.68. The molecule has 0 radical (unpaired) electrons. The van der Waals surface area contributed by atoms with Crippen LogP contribution in [0.15, 0.2) is 86.0 Å². The Kier molecular flexibility index (Phi) is 8.74. The van der Waals surface area contributed by atoms with Crippen LogP contribution in [0, 0.1) is 11.8 Å². The Labute approximate surface area is 156 Å². The van der Waals surface area contributed by atoms with Crippen LogP contribution in [0.4, 0.5) is 0 Å². The quantitative estimate of drug-likeness (QED) is 0.600. The summed E-state index contributed by atoms with van der Waals surface area (Å²) in [5.41, 5.74) is 0.210. The summed E-state index contributed by atoms with van der Waals surface area (Å²) in [5.74, 6) is 6.19. The van der Waals surface area contributed by atoms with Crippen molar-refractivity contribution in [3.63, 3.8) is 0 Å². The third-order valence-electron chi connectivity index (χ3n) is 3.73. The first-order chi connectivity index (χ1) is 11.7. The van der Waals surface area contributed by atoms with Gasteiger partial charge >= 0.3 is 0 Å². The first-order valence-corrected chi connectivity index (χ1v) is 7.98. The minimum Gasteiger partial charge on any atom is -0.369 e. The lowest BCUT2D eigenvalue weighted by Gasteiger charge is -2.24. The molecule has 2 aromatic rings. The van der Waals surface area contributed by atoms with E-state index in [1.54, 1.807) is 0 Å². The van der Waals surface area contributed by atoms with E-state index in [0.29, 0.717) is 6.54 Å². The van der Waals surface area contributed by atoms with Gasteiger partial charge in [0.15, 0.2) is 5.60 Å². The molecule has 0 aliphatic rings. The van der Waals surface area contributed by atoms with Crippen LogP contribution in [-0.4, -0.2) is 29.6 Å². The molecule has 0 bridgehead atoms. The fourth-order valence-corrected chi connectivity index (χ4v) is 2.52. The molecule has 3 heteroatoms. The van der Waals surface area contributed by atoms with Crippen molar-refractivity contribution in [2.24, 2.45) is 0 Å². The molecule has 2 nitrogen and oxygen atoms in total. The van der Waals surface area contributed by atoms with Gasteiger partial charge in [0.05, 0.1) is 6.54 Å². The van der Waals surface area contributed by atoms with Crippen LogP contribution in [0.2, 0.25) is 0 Å². The Hall–Kier alpha value is -2.31. The first-order valence-electron chi connectivity index (χ1n) is 7.98. The second-order valence-corrected chi connectivity index (χ2v) is 5.52. The molecule has 0 spiro atoms. The van der Waals surface area contributed by atoms with E-state index in [2.05, 4.69) is 29.9 Å². The number of aliphatic hydroxyl groups is 1. The third-order valence-corrected chi connectivity index (χ3v) is 3.73. The van der Waals surface area contributed by atoms with E-state index < -0.39 is 5.60 Å². The molecule has 1 N–H and O–H groups in total. The summed E-state index contributed by atoms with van der Waals surface area (Å²) in [4.78, 5) is 2.10. The molecule has 0 saturated carbocycles. The number of hydrogen-bond donors (Lipinski definition) is 1. The Bertz CT molecular complexity index is 666. The van der Waals surface area contributed by atoms with Gasteiger partial charge in [-0.1, -0.05) is 84.7 Å². The molecule has 0 saturated heterocycles. The zero-order valence-electron chi connectivity index (χ0n) is 14.3. The summed E-state index contributed by atoms with van der Waals surface area (Å²) in [7, 11) is 0. The van der Waals surface area contributed by atoms with Gasteiger partial charge in [0.1, 0.15) is 0 Å². The predicted molar refractivity (Wildman–Crippen MR) is 108 cm³/mol. The summed E-state index contributed by atoms with van der Waals surface area (Å²) in [6.45, 7) is 9.53. The molecule has 0 atom stereocenters. The highest BCUT2D eigenvalue weighted by Gasteiger charge is 2.28. The van der Waals surface area contributed by atoms with Crippen LogP contribution in [0.3, 0.4) is 0 Å². The highest BCUT2D eigenvalue weighted by molar-refractivity contribution is 5.85. The van der Waals surface area contributed by atoms with Gasteiger partial charge in [0.25, 0.3) is 0 Å². The average Bonchev–Trinajstić information content (AvgIpc) is 2.63. The molecule has 25 heavy (non-hydrogen) atoms. The normalized spacial score (nSPS) is 10.3. The molecule has 0 unspecified atom stereocenters. The van der Waals surface area contributed by atoms with Gasteiger partial charge in [0.2, 0.25) is 0 Å². The number of halogens is 1. The van der Waals surface area contributed by atoms with Gasteiger partial charge in [-0.15, -0.1) is 25.6 Å². The van der Waals surface area contributed by atoms with Crippen LogP contribution < -0.4 is 0 Å².